The van der Waals surface area contributed by atoms with Gasteiger partial charge in [0.1, 0.15) is 5.84 Å². The summed E-state index contributed by atoms with van der Waals surface area (Å²) in [4.78, 5) is 48.4. The van der Waals surface area contributed by atoms with E-state index in [9.17, 15) is 14.4 Å². The van der Waals surface area contributed by atoms with Crippen molar-refractivity contribution in [1.29, 1.82) is 0 Å². The number of para-hydroxylation sites is 1. The largest absolute Gasteiger partial charge is 0.466 e. The molecule has 0 unspecified atom stereocenters. The van der Waals surface area contributed by atoms with Gasteiger partial charge in [0.05, 0.1) is 37.8 Å². The van der Waals surface area contributed by atoms with Gasteiger partial charge in [-0.2, -0.15) is 0 Å². The Bertz CT molecular complexity index is 1480. The molecule has 2 atom stereocenters. The Morgan fingerprint density at radius 3 is 2.67 bits per heavy atom. The molecule has 0 saturated carbocycles. The summed E-state index contributed by atoms with van der Waals surface area (Å²) >= 11 is 0. The second-order valence-electron chi connectivity index (χ2n) is 9.68. The summed E-state index contributed by atoms with van der Waals surface area (Å²) < 4.78 is 21.2. The van der Waals surface area contributed by atoms with E-state index in [4.69, 9.17) is 23.9 Å². The number of aliphatic imine (C=N–C) groups is 1. The quantitative estimate of drug-likeness (QED) is 0.416. The first kappa shape index (κ1) is 24.7. The molecular formula is C29H27N3O7. The van der Waals surface area contributed by atoms with Crippen LogP contribution in [0.2, 0.25) is 0 Å². The average molecular weight is 530 g/mol. The molecule has 2 aromatic carbocycles. The molecule has 0 aliphatic carbocycles. The van der Waals surface area contributed by atoms with Gasteiger partial charge in [0.25, 0.3) is 0 Å². The molecule has 1 spiro atoms. The van der Waals surface area contributed by atoms with E-state index in [0.29, 0.717) is 30.3 Å². The molecule has 0 radical (unpaired) electrons. The molecule has 1 saturated heterocycles. The van der Waals surface area contributed by atoms with Crippen molar-refractivity contribution in [2.24, 2.45) is 4.99 Å². The molecule has 39 heavy (non-hydrogen) atoms. The van der Waals surface area contributed by atoms with E-state index in [1.165, 1.54) is 14.2 Å². The highest BCUT2D eigenvalue weighted by Gasteiger charge is 2.63. The Morgan fingerprint density at radius 2 is 1.90 bits per heavy atom. The normalized spacial score (nSPS) is 22.6. The zero-order valence-electron chi connectivity index (χ0n) is 21.6. The van der Waals surface area contributed by atoms with Gasteiger partial charge in [-0.25, -0.2) is 14.6 Å². The van der Waals surface area contributed by atoms with Gasteiger partial charge in [-0.3, -0.25) is 9.69 Å². The number of anilines is 1. The number of nitrogens with zero attached hydrogens (tertiary/aromatic N) is 3. The molecule has 200 valence electrons. The van der Waals surface area contributed by atoms with Crippen LogP contribution in [-0.4, -0.2) is 62.2 Å². The fourth-order valence-corrected chi connectivity index (χ4v) is 6.23. The number of esters is 2. The standard InChI is InChI=1S/C29H27N3O7/c1-4-13-31-19-8-6-5-7-18(19)29-12-11-22(33)32(15-17-9-10-20-21(14-17)39-16-38-20)28(29)30-24(27(35)37-3)23(25(29)31)26(34)36-2/h4-10,14,25H,1,11-13,15-16H2,2-3H3/t25-,29-/m0/s1. The fourth-order valence-electron chi connectivity index (χ4n) is 6.23. The number of amides is 1. The van der Waals surface area contributed by atoms with Gasteiger partial charge < -0.3 is 23.8 Å². The van der Waals surface area contributed by atoms with Gasteiger partial charge in [-0.1, -0.05) is 30.3 Å². The summed E-state index contributed by atoms with van der Waals surface area (Å²) in [5, 5.41) is 0. The number of benzene rings is 2. The number of likely N-dealkylation sites (tertiary alicyclic amines) is 1. The zero-order chi connectivity index (χ0) is 27.3. The summed E-state index contributed by atoms with van der Waals surface area (Å²) in [6, 6.07) is 12.6. The van der Waals surface area contributed by atoms with Crippen LogP contribution in [0.3, 0.4) is 0 Å². The summed E-state index contributed by atoms with van der Waals surface area (Å²) in [6.45, 7) is 4.64. The predicted octanol–water partition coefficient (Wildman–Crippen LogP) is 2.86. The Hall–Kier alpha value is -4.60. The van der Waals surface area contributed by atoms with Crippen molar-refractivity contribution in [1.82, 2.24) is 4.90 Å². The third-order valence-electron chi connectivity index (χ3n) is 7.80. The predicted molar refractivity (Wildman–Crippen MR) is 140 cm³/mol. The van der Waals surface area contributed by atoms with Gasteiger partial charge in [-0.05, 0) is 35.7 Å². The van der Waals surface area contributed by atoms with Crippen molar-refractivity contribution >= 4 is 29.4 Å². The van der Waals surface area contributed by atoms with Crippen LogP contribution < -0.4 is 14.4 Å². The van der Waals surface area contributed by atoms with Crippen molar-refractivity contribution in [3.05, 3.63) is 77.5 Å². The van der Waals surface area contributed by atoms with Crippen LogP contribution in [0.5, 0.6) is 11.5 Å². The molecule has 2 aromatic rings. The van der Waals surface area contributed by atoms with E-state index >= 15 is 0 Å². The summed E-state index contributed by atoms with van der Waals surface area (Å²) in [7, 11) is 2.50. The first-order valence-corrected chi connectivity index (χ1v) is 12.6. The van der Waals surface area contributed by atoms with Gasteiger partial charge in [0.15, 0.2) is 17.2 Å². The molecule has 10 heteroatoms. The highest BCUT2D eigenvalue weighted by molar-refractivity contribution is 6.15. The van der Waals surface area contributed by atoms with Crippen LogP contribution >= 0.6 is 0 Å². The van der Waals surface area contributed by atoms with Gasteiger partial charge >= 0.3 is 11.9 Å². The first-order chi connectivity index (χ1) is 18.9. The van der Waals surface area contributed by atoms with E-state index < -0.39 is 23.4 Å². The minimum Gasteiger partial charge on any atom is -0.466 e. The SMILES string of the molecule is C=CCN1c2ccccc2[C@]23CCC(=O)N(Cc4ccc5c(c4)OCO5)C2=NC(C(=O)OC)=C(C(=O)OC)[C@H]13. The molecular weight excluding hydrogens is 502 g/mol. The van der Waals surface area contributed by atoms with Crippen LogP contribution in [0, 0.1) is 0 Å². The number of fused-ring (bicyclic) bond motifs is 2. The second-order valence-corrected chi connectivity index (χ2v) is 9.68. The molecule has 6 rings (SSSR count). The highest BCUT2D eigenvalue weighted by atomic mass is 16.7. The molecule has 0 N–H and O–H groups in total. The van der Waals surface area contributed by atoms with E-state index in [1.807, 2.05) is 41.3 Å². The molecule has 10 nitrogen and oxygen atoms in total. The number of hydrogen-bond acceptors (Lipinski definition) is 9. The lowest BCUT2D eigenvalue weighted by Gasteiger charge is -2.48. The van der Waals surface area contributed by atoms with E-state index in [-0.39, 0.29) is 36.9 Å². The summed E-state index contributed by atoms with van der Waals surface area (Å²) in [5.41, 5.74) is 1.63. The third-order valence-corrected chi connectivity index (χ3v) is 7.80. The van der Waals surface area contributed by atoms with E-state index in [0.717, 1.165) is 16.8 Å². The highest BCUT2D eigenvalue weighted by Crippen LogP contribution is 2.56. The number of rotatable bonds is 6. The Kier molecular flexibility index (Phi) is 5.90. The van der Waals surface area contributed by atoms with Crippen molar-refractivity contribution in [3.63, 3.8) is 0 Å². The lowest BCUT2D eigenvalue weighted by molar-refractivity contribution is -0.140. The van der Waals surface area contributed by atoms with E-state index in [1.54, 1.807) is 17.0 Å². The summed E-state index contributed by atoms with van der Waals surface area (Å²) in [5.74, 6) is 0.0330. The van der Waals surface area contributed by atoms with Crippen molar-refractivity contribution in [2.45, 2.75) is 30.8 Å². The second kappa shape index (κ2) is 9.30. The maximum Gasteiger partial charge on any atom is 0.357 e. The van der Waals surface area contributed by atoms with Gasteiger partial charge in [0, 0.05) is 18.7 Å². The van der Waals surface area contributed by atoms with Crippen molar-refractivity contribution in [3.8, 4) is 11.5 Å². The summed E-state index contributed by atoms with van der Waals surface area (Å²) in [6.07, 6.45) is 2.36. The van der Waals surface area contributed by atoms with Crippen molar-refractivity contribution < 1.29 is 33.3 Å². The number of piperidine rings is 1. The minimum absolute atomic E-state index is 0.100. The van der Waals surface area contributed by atoms with Crippen LogP contribution in [0.25, 0.3) is 0 Å². The number of ether oxygens (including phenoxy) is 4. The molecule has 0 bridgehead atoms. The molecule has 4 aliphatic rings. The number of amidine groups is 1. The average Bonchev–Trinajstić information content (AvgIpc) is 3.54. The Morgan fingerprint density at radius 1 is 1.13 bits per heavy atom. The van der Waals surface area contributed by atoms with Crippen LogP contribution in [0.15, 0.2) is 71.4 Å². The van der Waals surface area contributed by atoms with Gasteiger partial charge in [0.2, 0.25) is 12.7 Å². The lowest BCUT2D eigenvalue weighted by Crippen LogP contribution is -2.62. The smallest absolute Gasteiger partial charge is 0.357 e. The van der Waals surface area contributed by atoms with Gasteiger partial charge in [-0.15, -0.1) is 6.58 Å². The number of hydrogen-bond donors (Lipinski definition) is 0. The maximum atomic E-state index is 13.5. The third kappa shape index (κ3) is 3.54. The lowest BCUT2D eigenvalue weighted by atomic mass is 9.65. The number of carbonyl (C=O) groups excluding carboxylic acids is 3. The number of methoxy groups -OCH3 is 2. The molecule has 0 aromatic heterocycles. The molecule has 1 amide bonds. The van der Waals surface area contributed by atoms with Crippen LogP contribution in [0.4, 0.5) is 5.69 Å². The Labute approximate surface area is 225 Å². The van der Waals surface area contributed by atoms with E-state index in [2.05, 4.69) is 6.58 Å². The molecule has 4 aliphatic heterocycles. The maximum absolute atomic E-state index is 13.5. The Balaban J connectivity index is 1.59. The molecule has 4 heterocycles. The van der Waals surface area contributed by atoms with Crippen LogP contribution in [-0.2, 0) is 35.8 Å². The van der Waals surface area contributed by atoms with Crippen molar-refractivity contribution in [2.75, 3.05) is 32.5 Å². The van der Waals surface area contributed by atoms with Crippen LogP contribution in [0.1, 0.15) is 24.0 Å². The topological polar surface area (TPSA) is 107 Å². The first-order valence-electron chi connectivity index (χ1n) is 12.6. The fraction of sp³-hybridized carbons (Fsp3) is 0.310. The molecule has 1 fully saturated rings. The minimum atomic E-state index is -0.898. The number of carbonyl (C=O) groups is 3. The monoisotopic (exact) mass is 529 g/mol. The zero-order valence-corrected chi connectivity index (χ0v) is 21.6.